The van der Waals surface area contributed by atoms with Gasteiger partial charge in [-0.15, -0.1) is 10.2 Å². The lowest BCUT2D eigenvalue weighted by Gasteiger charge is -2.18. The zero-order chi connectivity index (χ0) is 11.0. The molecule has 0 saturated heterocycles. The molecule has 16 heavy (non-hydrogen) atoms. The summed E-state index contributed by atoms with van der Waals surface area (Å²) in [5.41, 5.74) is 0. The average Bonchev–Trinajstić information content (AvgIpc) is 3.08. The number of hydrogen-bond acceptors (Lipinski definition) is 2. The van der Waals surface area contributed by atoms with Crippen LogP contribution in [0.5, 0.6) is 0 Å². The maximum atomic E-state index is 6.19. The molecule has 0 atom stereocenters. The Balaban J connectivity index is 1.87. The molecule has 2 fully saturated rings. The van der Waals surface area contributed by atoms with Gasteiger partial charge in [-0.1, -0.05) is 25.7 Å². The van der Waals surface area contributed by atoms with Gasteiger partial charge in [-0.25, -0.2) is 0 Å². The van der Waals surface area contributed by atoms with Crippen molar-refractivity contribution >= 4 is 11.6 Å². The van der Waals surface area contributed by atoms with Crippen LogP contribution in [0.25, 0.3) is 0 Å². The second-order valence-electron chi connectivity index (χ2n) is 5.12. The molecule has 1 aromatic rings. The Labute approximate surface area is 101 Å². The van der Waals surface area contributed by atoms with Crippen molar-refractivity contribution in [3.8, 4) is 0 Å². The van der Waals surface area contributed by atoms with E-state index >= 15 is 0 Å². The fraction of sp³-hybridized carbons (Fsp3) is 0.833. The molecule has 0 unspecified atom stereocenters. The molecule has 0 N–H and O–H groups in total. The Morgan fingerprint density at radius 2 is 1.62 bits per heavy atom. The van der Waals surface area contributed by atoms with Crippen LogP contribution in [0.3, 0.4) is 0 Å². The highest BCUT2D eigenvalue weighted by atomic mass is 35.5. The lowest BCUT2D eigenvalue weighted by molar-refractivity contribution is 0.430. The molecule has 3 rings (SSSR count). The predicted octanol–water partition coefficient (Wildman–Crippen LogP) is 3.70. The maximum absolute atomic E-state index is 6.19. The zero-order valence-electron chi connectivity index (χ0n) is 9.53. The number of nitrogens with zero attached hydrogens (tertiary/aromatic N) is 3. The smallest absolute Gasteiger partial charge is 0.225 e. The standard InChI is InChI=1S/C12H18ClN3/c13-12-15-14-11(9-7-8-9)16(12)10-5-3-1-2-4-6-10/h9-10H,1-8H2. The Morgan fingerprint density at radius 3 is 2.25 bits per heavy atom. The summed E-state index contributed by atoms with van der Waals surface area (Å²) in [6.07, 6.45) is 10.4. The molecule has 0 bridgehead atoms. The van der Waals surface area contributed by atoms with Gasteiger partial charge in [-0.2, -0.15) is 0 Å². The minimum atomic E-state index is 0.556. The van der Waals surface area contributed by atoms with E-state index in [1.165, 1.54) is 51.4 Å². The third-order valence-electron chi connectivity index (χ3n) is 3.81. The molecule has 1 aromatic heterocycles. The van der Waals surface area contributed by atoms with Crippen molar-refractivity contribution in [3.63, 3.8) is 0 Å². The van der Waals surface area contributed by atoms with Gasteiger partial charge in [0.15, 0.2) is 0 Å². The summed E-state index contributed by atoms with van der Waals surface area (Å²) in [7, 11) is 0. The largest absolute Gasteiger partial charge is 0.298 e. The topological polar surface area (TPSA) is 30.7 Å². The number of halogens is 1. The van der Waals surface area contributed by atoms with Crippen molar-refractivity contribution in [2.75, 3.05) is 0 Å². The molecular weight excluding hydrogens is 222 g/mol. The van der Waals surface area contributed by atoms with Gasteiger partial charge in [0, 0.05) is 12.0 Å². The Morgan fingerprint density at radius 1 is 0.938 bits per heavy atom. The molecule has 2 aliphatic rings. The number of rotatable bonds is 2. The summed E-state index contributed by atoms with van der Waals surface area (Å²) in [6.45, 7) is 0. The highest BCUT2D eigenvalue weighted by Gasteiger charge is 2.32. The molecule has 0 radical (unpaired) electrons. The number of hydrogen-bond donors (Lipinski definition) is 0. The lowest BCUT2D eigenvalue weighted by Crippen LogP contribution is -2.11. The maximum Gasteiger partial charge on any atom is 0.225 e. The van der Waals surface area contributed by atoms with Crippen LogP contribution in [0.2, 0.25) is 5.28 Å². The van der Waals surface area contributed by atoms with Crippen LogP contribution in [0, 0.1) is 0 Å². The van der Waals surface area contributed by atoms with E-state index in [1.807, 2.05) is 0 Å². The summed E-state index contributed by atoms with van der Waals surface area (Å²) in [5, 5.41) is 8.93. The van der Waals surface area contributed by atoms with E-state index in [0.29, 0.717) is 17.2 Å². The second-order valence-corrected chi connectivity index (χ2v) is 5.45. The molecule has 2 saturated carbocycles. The van der Waals surface area contributed by atoms with Gasteiger partial charge in [-0.3, -0.25) is 4.57 Å². The van der Waals surface area contributed by atoms with Crippen molar-refractivity contribution < 1.29 is 0 Å². The fourth-order valence-electron chi connectivity index (χ4n) is 2.76. The van der Waals surface area contributed by atoms with Crippen LogP contribution in [0.15, 0.2) is 0 Å². The second kappa shape index (κ2) is 4.36. The first-order valence-electron chi connectivity index (χ1n) is 6.46. The van der Waals surface area contributed by atoms with Gasteiger partial charge < -0.3 is 0 Å². The highest BCUT2D eigenvalue weighted by molar-refractivity contribution is 6.28. The van der Waals surface area contributed by atoms with Gasteiger partial charge >= 0.3 is 0 Å². The highest BCUT2D eigenvalue weighted by Crippen LogP contribution is 2.42. The summed E-state index contributed by atoms with van der Waals surface area (Å²) in [4.78, 5) is 0. The average molecular weight is 240 g/mol. The molecular formula is C12H18ClN3. The molecule has 0 aliphatic heterocycles. The van der Waals surface area contributed by atoms with Crippen molar-refractivity contribution in [1.29, 1.82) is 0 Å². The molecule has 1 heterocycles. The predicted molar refractivity (Wildman–Crippen MR) is 63.7 cm³/mol. The molecule has 4 heteroatoms. The van der Waals surface area contributed by atoms with E-state index in [0.717, 1.165) is 5.82 Å². The van der Waals surface area contributed by atoms with Gasteiger partial charge in [0.05, 0.1) is 0 Å². The zero-order valence-corrected chi connectivity index (χ0v) is 10.3. The monoisotopic (exact) mass is 239 g/mol. The first kappa shape index (κ1) is 10.6. The summed E-state index contributed by atoms with van der Waals surface area (Å²) < 4.78 is 2.23. The van der Waals surface area contributed by atoms with Crippen LogP contribution in [0.1, 0.15) is 69.2 Å². The van der Waals surface area contributed by atoms with Gasteiger partial charge in [0.2, 0.25) is 5.28 Å². The Hall–Kier alpha value is -0.570. The molecule has 0 aromatic carbocycles. The Bertz CT molecular complexity index is 362. The third kappa shape index (κ3) is 1.97. The van der Waals surface area contributed by atoms with Gasteiger partial charge in [0.25, 0.3) is 0 Å². The third-order valence-corrected chi connectivity index (χ3v) is 4.07. The van der Waals surface area contributed by atoms with E-state index in [-0.39, 0.29) is 0 Å². The van der Waals surface area contributed by atoms with E-state index in [1.54, 1.807) is 0 Å². The van der Waals surface area contributed by atoms with Crippen LogP contribution in [0.4, 0.5) is 0 Å². The normalized spacial score (nSPS) is 23.3. The first-order valence-corrected chi connectivity index (χ1v) is 6.84. The van der Waals surface area contributed by atoms with Crippen molar-refractivity contribution in [1.82, 2.24) is 14.8 Å². The van der Waals surface area contributed by atoms with Crippen molar-refractivity contribution in [2.24, 2.45) is 0 Å². The minimum Gasteiger partial charge on any atom is -0.298 e. The van der Waals surface area contributed by atoms with Crippen molar-refractivity contribution in [2.45, 2.75) is 63.3 Å². The van der Waals surface area contributed by atoms with Crippen LogP contribution in [-0.4, -0.2) is 14.8 Å². The fourth-order valence-corrected chi connectivity index (χ4v) is 3.02. The van der Waals surface area contributed by atoms with Gasteiger partial charge in [0.1, 0.15) is 5.82 Å². The number of aromatic nitrogens is 3. The van der Waals surface area contributed by atoms with E-state index in [9.17, 15) is 0 Å². The van der Waals surface area contributed by atoms with E-state index in [4.69, 9.17) is 11.6 Å². The molecule has 0 spiro atoms. The van der Waals surface area contributed by atoms with Gasteiger partial charge in [-0.05, 0) is 37.3 Å². The SMILES string of the molecule is Clc1nnc(C2CC2)n1C1CCCCCC1. The van der Waals surface area contributed by atoms with Crippen LogP contribution < -0.4 is 0 Å². The quantitative estimate of drug-likeness (QED) is 0.737. The minimum absolute atomic E-state index is 0.556. The Kier molecular flexibility index (Phi) is 2.88. The summed E-state index contributed by atoms with van der Waals surface area (Å²) in [6, 6.07) is 0.556. The van der Waals surface area contributed by atoms with Crippen LogP contribution >= 0.6 is 11.6 Å². The van der Waals surface area contributed by atoms with E-state index < -0.39 is 0 Å². The van der Waals surface area contributed by atoms with E-state index in [2.05, 4.69) is 14.8 Å². The summed E-state index contributed by atoms with van der Waals surface area (Å²) >= 11 is 6.19. The molecule has 88 valence electrons. The first-order chi connectivity index (χ1) is 7.86. The molecule has 3 nitrogen and oxygen atoms in total. The lowest BCUT2D eigenvalue weighted by atomic mass is 10.1. The molecule has 0 amide bonds. The van der Waals surface area contributed by atoms with Crippen LogP contribution in [-0.2, 0) is 0 Å². The van der Waals surface area contributed by atoms with Crippen molar-refractivity contribution in [3.05, 3.63) is 11.1 Å². The molecule has 2 aliphatic carbocycles. The summed E-state index contributed by atoms with van der Waals surface area (Å²) in [5.74, 6) is 1.79.